The fourth-order valence-electron chi connectivity index (χ4n) is 2.27. The molecule has 23 heavy (non-hydrogen) atoms. The predicted octanol–water partition coefficient (Wildman–Crippen LogP) is 1.04. The summed E-state index contributed by atoms with van der Waals surface area (Å²) in [7, 11) is 1.90. The third-order valence-corrected chi connectivity index (χ3v) is 3.55. The van der Waals surface area contributed by atoms with E-state index in [9.17, 15) is 4.79 Å². The molecule has 0 unspecified atom stereocenters. The first-order valence-electron chi connectivity index (χ1n) is 8.36. The summed E-state index contributed by atoms with van der Waals surface area (Å²) in [5.41, 5.74) is 0. The Morgan fingerprint density at radius 2 is 2.04 bits per heavy atom. The predicted molar refractivity (Wildman–Crippen MR) is 93.4 cm³/mol. The minimum absolute atomic E-state index is 0.125. The fourth-order valence-corrected chi connectivity index (χ4v) is 2.27. The Labute approximate surface area is 139 Å². The number of amides is 1. The maximum atomic E-state index is 12.2. The van der Waals surface area contributed by atoms with Gasteiger partial charge >= 0.3 is 0 Å². The lowest BCUT2D eigenvalue weighted by Gasteiger charge is -2.25. The summed E-state index contributed by atoms with van der Waals surface area (Å²) in [4.78, 5) is 20.5. The molecule has 1 aromatic rings. The number of carbonyl (C=O) groups excluding carboxylic acids is 1. The number of hydrogen-bond donors (Lipinski definition) is 1. The van der Waals surface area contributed by atoms with E-state index in [1.165, 1.54) is 0 Å². The van der Waals surface area contributed by atoms with Gasteiger partial charge in [0.05, 0.1) is 6.54 Å². The van der Waals surface area contributed by atoms with Crippen molar-refractivity contribution in [1.29, 1.82) is 0 Å². The second-order valence-corrected chi connectivity index (χ2v) is 5.28. The molecule has 1 aromatic heterocycles. The van der Waals surface area contributed by atoms with Crippen LogP contribution in [0.3, 0.4) is 0 Å². The van der Waals surface area contributed by atoms with Crippen LogP contribution < -0.4 is 5.32 Å². The maximum absolute atomic E-state index is 12.2. The molecule has 130 valence electrons. The van der Waals surface area contributed by atoms with Gasteiger partial charge in [-0.2, -0.15) is 5.10 Å². The molecule has 0 aromatic carbocycles. The minimum Gasteiger partial charge on any atom is -0.357 e. The summed E-state index contributed by atoms with van der Waals surface area (Å²) in [5, 5.41) is 7.41. The zero-order chi connectivity index (χ0) is 17.1. The van der Waals surface area contributed by atoms with E-state index in [0.717, 1.165) is 38.6 Å². The molecule has 0 bridgehead atoms. The maximum Gasteiger partial charge on any atom is 0.242 e. The van der Waals surface area contributed by atoms with Crippen LogP contribution in [0.1, 0.15) is 27.2 Å². The van der Waals surface area contributed by atoms with Crippen molar-refractivity contribution in [3.63, 3.8) is 0 Å². The third-order valence-electron chi connectivity index (χ3n) is 3.55. The lowest BCUT2D eigenvalue weighted by Crippen LogP contribution is -2.45. The van der Waals surface area contributed by atoms with Gasteiger partial charge in [-0.05, 0) is 33.3 Å². The highest BCUT2D eigenvalue weighted by atomic mass is 16.2. The molecule has 0 fully saturated rings. The van der Waals surface area contributed by atoms with Gasteiger partial charge < -0.3 is 15.1 Å². The average Bonchev–Trinajstić information content (AvgIpc) is 3.04. The van der Waals surface area contributed by atoms with Gasteiger partial charge in [0.25, 0.3) is 0 Å². The van der Waals surface area contributed by atoms with Crippen LogP contribution in [0.15, 0.2) is 23.5 Å². The van der Waals surface area contributed by atoms with E-state index in [4.69, 9.17) is 0 Å². The molecule has 0 aliphatic heterocycles. The fraction of sp³-hybridized carbons (Fsp3) is 0.688. The molecule has 1 amide bonds. The van der Waals surface area contributed by atoms with E-state index in [1.807, 2.05) is 54.6 Å². The van der Waals surface area contributed by atoms with E-state index in [1.54, 1.807) is 6.20 Å². The van der Waals surface area contributed by atoms with Crippen molar-refractivity contribution in [2.75, 3.05) is 39.8 Å². The van der Waals surface area contributed by atoms with Crippen molar-refractivity contribution in [1.82, 2.24) is 24.9 Å². The van der Waals surface area contributed by atoms with Crippen LogP contribution in [0.25, 0.3) is 0 Å². The Morgan fingerprint density at radius 3 is 2.61 bits per heavy atom. The Balaban J connectivity index is 2.50. The van der Waals surface area contributed by atoms with Gasteiger partial charge in [-0.15, -0.1) is 0 Å². The lowest BCUT2D eigenvalue weighted by atomic mass is 10.4. The first-order valence-corrected chi connectivity index (χ1v) is 8.36. The molecule has 0 aliphatic carbocycles. The summed E-state index contributed by atoms with van der Waals surface area (Å²) in [6.07, 6.45) is 4.64. The monoisotopic (exact) mass is 322 g/mol. The smallest absolute Gasteiger partial charge is 0.242 e. The van der Waals surface area contributed by atoms with Crippen molar-refractivity contribution in [2.24, 2.45) is 4.99 Å². The van der Waals surface area contributed by atoms with Crippen LogP contribution in [0.4, 0.5) is 0 Å². The molecule has 0 saturated heterocycles. The number of carbonyl (C=O) groups is 1. The highest BCUT2D eigenvalue weighted by molar-refractivity contribution is 5.86. The van der Waals surface area contributed by atoms with Gasteiger partial charge in [-0.25, -0.2) is 0 Å². The molecule has 0 atom stereocenters. The van der Waals surface area contributed by atoms with Crippen LogP contribution >= 0.6 is 0 Å². The van der Waals surface area contributed by atoms with Crippen LogP contribution in [0, 0.1) is 0 Å². The molecule has 1 heterocycles. The molecule has 7 heteroatoms. The number of hydrogen-bond acceptors (Lipinski definition) is 3. The molecule has 0 radical (unpaired) electrons. The normalized spacial score (nSPS) is 11.4. The Morgan fingerprint density at radius 1 is 1.30 bits per heavy atom. The van der Waals surface area contributed by atoms with Crippen LogP contribution in [0.2, 0.25) is 0 Å². The van der Waals surface area contributed by atoms with Gasteiger partial charge in [0, 0.05) is 52.2 Å². The summed E-state index contributed by atoms with van der Waals surface area (Å²) < 4.78 is 1.90. The van der Waals surface area contributed by atoms with E-state index < -0.39 is 0 Å². The summed E-state index contributed by atoms with van der Waals surface area (Å²) in [5.74, 6) is 0.896. The molecule has 0 spiro atoms. The van der Waals surface area contributed by atoms with Gasteiger partial charge in [-0.3, -0.25) is 14.5 Å². The Bertz CT molecular complexity index is 467. The number of nitrogens with zero attached hydrogens (tertiary/aromatic N) is 5. The third kappa shape index (κ3) is 6.71. The number of guanidine groups is 1. The number of aliphatic imine (C=N–C) groups is 1. The zero-order valence-electron chi connectivity index (χ0n) is 14.8. The highest BCUT2D eigenvalue weighted by Gasteiger charge is 2.14. The molecule has 1 rings (SSSR count). The van der Waals surface area contributed by atoms with Crippen LogP contribution in [-0.2, 0) is 11.3 Å². The molecule has 7 nitrogen and oxygen atoms in total. The average molecular weight is 322 g/mol. The first-order chi connectivity index (χ1) is 11.1. The van der Waals surface area contributed by atoms with Crippen molar-refractivity contribution < 1.29 is 4.79 Å². The molecular weight excluding hydrogens is 292 g/mol. The number of rotatable bonds is 9. The zero-order valence-corrected chi connectivity index (χ0v) is 14.8. The lowest BCUT2D eigenvalue weighted by molar-refractivity contribution is -0.131. The Kier molecular flexibility index (Phi) is 8.79. The van der Waals surface area contributed by atoms with Crippen molar-refractivity contribution in [3.05, 3.63) is 18.5 Å². The van der Waals surface area contributed by atoms with E-state index in [-0.39, 0.29) is 5.91 Å². The largest absolute Gasteiger partial charge is 0.357 e. The summed E-state index contributed by atoms with van der Waals surface area (Å²) in [6, 6.07) is 1.92. The quantitative estimate of drug-likeness (QED) is 0.419. The van der Waals surface area contributed by atoms with E-state index >= 15 is 0 Å². The molecule has 0 saturated carbocycles. The standard InChI is InChI=1S/C16H30N6O/c1-5-17-16(18-10-8-12-22-13-9-11-19-22)20(4)14-15(23)21(6-2)7-3/h9,11,13H,5-8,10,12,14H2,1-4H3,(H,17,18). The summed E-state index contributed by atoms with van der Waals surface area (Å²) in [6.45, 7) is 10.2. The molecule has 1 N–H and O–H groups in total. The number of aromatic nitrogens is 2. The van der Waals surface area contributed by atoms with Crippen molar-refractivity contribution in [3.8, 4) is 0 Å². The highest BCUT2D eigenvalue weighted by Crippen LogP contribution is 1.95. The van der Waals surface area contributed by atoms with Crippen molar-refractivity contribution >= 4 is 11.9 Å². The van der Waals surface area contributed by atoms with Gasteiger partial charge in [0.15, 0.2) is 5.96 Å². The van der Waals surface area contributed by atoms with E-state index in [2.05, 4.69) is 15.4 Å². The summed E-state index contributed by atoms with van der Waals surface area (Å²) >= 11 is 0. The van der Waals surface area contributed by atoms with Crippen LogP contribution in [-0.4, -0.2) is 71.2 Å². The van der Waals surface area contributed by atoms with Gasteiger partial charge in [-0.1, -0.05) is 0 Å². The van der Waals surface area contributed by atoms with Crippen molar-refractivity contribution in [2.45, 2.75) is 33.7 Å². The molecule has 0 aliphatic rings. The second-order valence-electron chi connectivity index (χ2n) is 5.28. The van der Waals surface area contributed by atoms with Gasteiger partial charge in [0.1, 0.15) is 0 Å². The van der Waals surface area contributed by atoms with E-state index in [0.29, 0.717) is 13.1 Å². The topological polar surface area (TPSA) is 65.8 Å². The number of likely N-dealkylation sites (N-methyl/N-ethyl adjacent to an activating group) is 2. The first kappa shape index (κ1) is 19.0. The van der Waals surface area contributed by atoms with Crippen LogP contribution in [0.5, 0.6) is 0 Å². The number of nitrogens with one attached hydrogen (secondary N) is 1. The molecular formula is C16H30N6O. The van der Waals surface area contributed by atoms with Gasteiger partial charge in [0.2, 0.25) is 5.91 Å². The second kappa shape index (κ2) is 10.6. The minimum atomic E-state index is 0.125. The Hall–Kier alpha value is -2.05. The number of aryl methyl sites for hydroxylation is 1. The SMILES string of the molecule is CCNC(=NCCCn1cccn1)N(C)CC(=O)N(CC)CC.